The third-order valence-corrected chi connectivity index (χ3v) is 5.30. The smallest absolute Gasteiger partial charge is 0.321 e. The van der Waals surface area contributed by atoms with Gasteiger partial charge < -0.3 is 15.3 Å². The number of aliphatic hydroxyl groups is 1. The molecule has 120 valence electrons. The van der Waals surface area contributed by atoms with E-state index in [1.54, 1.807) is 0 Å². The minimum Gasteiger partial charge on any atom is -0.389 e. The Morgan fingerprint density at radius 3 is 2.59 bits per heavy atom. The fourth-order valence-corrected chi connectivity index (χ4v) is 3.89. The Balaban J connectivity index is 1.55. The lowest BCUT2D eigenvalue weighted by Gasteiger charge is -2.41. The SMILES string of the molecule is Cc1cccc(NC(=O)N2CCC(O)(C3CCCC3)CC2)c1. The molecule has 0 atom stereocenters. The molecule has 4 heteroatoms. The molecule has 1 heterocycles. The van der Waals surface area contributed by atoms with E-state index in [4.69, 9.17) is 0 Å². The monoisotopic (exact) mass is 302 g/mol. The Morgan fingerprint density at radius 2 is 1.95 bits per heavy atom. The van der Waals surface area contributed by atoms with E-state index in [1.165, 1.54) is 12.8 Å². The summed E-state index contributed by atoms with van der Waals surface area (Å²) in [6, 6.07) is 7.78. The van der Waals surface area contributed by atoms with E-state index in [2.05, 4.69) is 5.32 Å². The molecule has 2 amide bonds. The first-order valence-electron chi connectivity index (χ1n) is 8.42. The second-order valence-corrected chi connectivity index (χ2v) is 6.87. The van der Waals surface area contributed by atoms with Crippen LogP contribution >= 0.6 is 0 Å². The number of nitrogens with zero attached hydrogens (tertiary/aromatic N) is 1. The Morgan fingerprint density at radius 1 is 1.27 bits per heavy atom. The number of hydrogen-bond donors (Lipinski definition) is 2. The average Bonchev–Trinajstić information content (AvgIpc) is 3.03. The molecule has 2 aliphatic rings. The molecule has 1 saturated heterocycles. The molecule has 22 heavy (non-hydrogen) atoms. The van der Waals surface area contributed by atoms with E-state index in [-0.39, 0.29) is 6.03 Å². The van der Waals surface area contributed by atoms with E-state index in [9.17, 15) is 9.90 Å². The van der Waals surface area contributed by atoms with Crippen LogP contribution in [0.15, 0.2) is 24.3 Å². The number of urea groups is 1. The minimum absolute atomic E-state index is 0.0564. The number of amides is 2. The number of carbonyl (C=O) groups excluding carboxylic acids is 1. The second-order valence-electron chi connectivity index (χ2n) is 6.87. The molecule has 4 nitrogen and oxygen atoms in total. The summed E-state index contributed by atoms with van der Waals surface area (Å²) in [6.07, 6.45) is 6.19. The highest BCUT2D eigenvalue weighted by molar-refractivity contribution is 5.89. The molecule has 2 N–H and O–H groups in total. The van der Waals surface area contributed by atoms with Crippen LogP contribution in [0.1, 0.15) is 44.1 Å². The third-order valence-electron chi connectivity index (χ3n) is 5.30. The number of piperidine rings is 1. The van der Waals surface area contributed by atoms with Crippen molar-refractivity contribution in [2.45, 2.75) is 51.0 Å². The number of carbonyl (C=O) groups is 1. The predicted molar refractivity (Wildman–Crippen MR) is 87.9 cm³/mol. The van der Waals surface area contributed by atoms with Crippen LogP contribution < -0.4 is 5.32 Å². The maximum absolute atomic E-state index is 12.3. The van der Waals surface area contributed by atoms with Gasteiger partial charge in [-0.05, 0) is 56.2 Å². The molecule has 3 rings (SSSR count). The molecular weight excluding hydrogens is 276 g/mol. The Bertz CT molecular complexity index is 530. The van der Waals surface area contributed by atoms with Gasteiger partial charge in [0.05, 0.1) is 5.60 Å². The van der Waals surface area contributed by atoms with Crippen LogP contribution in [-0.2, 0) is 0 Å². The van der Waals surface area contributed by atoms with Gasteiger partial charge in [-0.25, -0.2) is 4.79 Å². The largest absolute Gasteiger partial charge is 0.389 e. The first-order valence-corrected chi connectivity index (χ1v) is 8.42. The number of benzene rings is 1. The van der Waals surface area contributed by atoms with Crippen molar-refractivity contribution in [1.82, 2.24) is 4.90 Å². The van der Waals surface area contributed by atoms with Crippen molar-refractivity contribution >= 4 is 11.7 Å². The molecule has 2 fully saturated rings. The van der Waals surface area contributed by atoms with E-state index in [0.29, 0.717) is 31.8 Å². The highest BCUT2D eigenvalue weighted by Gasteiger charge is 2.41. The van der Waals surface area contributed by atoms with Gasteiger partial charge in [-0.15, -0.1) is 0 Å². The number of aryl methyl sites for hydroxylation is 1. The zero-order valence-corrected chi connectivity index (χ0v) is 13.3. The van der Waals surface area contributed by atoms with Gasteiger partial charge in [0.25, 0.3) is 0 Å². The summed E-state index contributed by atoms with van der Waals surface area (Å²) in [6.45, 7) is 3.30. The zero-order valence-electron chi connectivity index (χ0n) is 13.3. The van der Waals surface area contributed by atoms with Crippen molar-refractivity contribution in [2.75, 3.05) is 18.4 Å². The Kier molecular flexibility index (Phi) is 4.39. The zero-order chi connectivity index (χ0) is 15.6. The van der Waals surface area contributed by atoms with Crippen LogP contribution in [0.4, 0.5) is 10.5 Å². The molecule has 0 spiro atoms. The summed E-state index contributed by atoms with van der Waals surface area (Å²) >= 11 is 0. The van der Waals surface area contributed by atoms with Gasteiger partial charge in [0.2, 0.25) is 0 Å². The van der Waals surface area contributed by atoms with E-state index in [0.717, 1.165) is 24.1 Å². The second kappa shape index (κ2) is 6.29. The number of rotatable bonds is 2. The lowest BCUT2D eigenvalue weighted by atomic mass is 9.78. The molecular formula is C18H26N2O2. The van der Waals surface area contributed by atoms with Crippen LogP contribution in [0.2, 0.25) is 0 Å². The lowest BCUT2D eigenvalue weighted by molar-refractivity contribution is -0.0574. The van der Waals surface area contributed by atoms with Crippen LogP contribution in [0.5, 0.6) is 0 Å². The maximum Gasteiger partial charge on any atom is 0.321 e. The van der Waals surface area contributed by atoms with Gasteiger partial charge in [-0.1, -0.05) is 25.0 Å². The van der Waals surface area contributed by atoms with Crippen molar-refractivity contribution in [3.8, 4) is 0 Å². The van der Waals surface area contributed by atoms with E-state index >= 15 is 0 Å². The summed E-state index contributed by atoms with van der Waals surface area (Å²) in [4.78, 5) is 14.2. The van der Waals surface area contributed by atoms with Crippen LogP contribution in [0.3, 0.4) is 0 Å². The molecule has 1 aliphatic carbocycles. The van der Waals surface area contributed by atoms with Crippen molar-refractivity contribution in [1.29, 1.82) is 0 Å². The first-order chi connectivity index (χ1) is 10.6. The van der Waals surface area contributed by atoms with Crippen molar-refractivity contribution in [3.63, 3.8) is 0 Å². The predicted octanol–water partition coefficient (Wildman–Crippen LogP) is 3.54. The van der Waals surface area contributed by atoms with E-state index in [1.807, 2.05) is 36.1 Å². The fourth-order valence-electron chi connectivity index (χ4n) is 3.89. The van der Waals surface area contributed by atoms with Crippen LogP contribution in [-0.4, -0.2) is 34.7 Å². The van der Waals surface area contributed by atoms with Gasteiger partial charge in [0, 0.05) is 18.8 Å². The highest BCUT2D eigenvalue weighted by Crippen LogP contribution is 2.40. The van der Waals surface area contributed by atoms with Gasteiger partial charge >= 0.3 is 6.03 Å². The minimum atomic E-state index is -0.545. The van der Waals surface area contributed by atoms with Gasteiger partial charge in [0.1, 0.15) is 0 Å². The summed E-state index contributed by atoms with van der Waals surface area (Å²) < 4.78 is 0. The molecule has 1 aromatic carbocycles. The molecule has 0 bridgehead atoms. The number of likely N-dealkylation sites (tertiary alicyclic amines) is 1. The Hall–Kier alpha value is -1.55. The van der Waals surface area contributed by atoms with Gasteiger partial charge in [-0.3, -0.25) is 0 Å². The summed E-state index contributed by atoms with van der Waals surface area (Å²) in [5, 5.41) is 13.8. The third kappa shape index (κ3) is 3.27. The maximum atomic E-state index is 12.3. The van der Waals surface area contributed by atoms with Crippen LogP contribution in [0, 0.1) is 12.8 Å². The standard InChI is InChI=1S/C18H26N2O2/c1-14-5-4-8-16(13-14)19-17(21)20-11-9-18(22,10-12-20)15-6-2-3-7-15/h4-5,8,13,15,22H,2-3,6-7,9-12H2,1H3,(H,19,21). The van der Waals surface area contributed by atoms with Crippen molar-refractivity contribution < 1.29 is 9.90 Å². The summed E-state index contributed by atoms with van der Waals surface area (Å²) in [5.41, 5.74) is 1.42. The topological polar surface area (TPSA) is 52.6 Å². The fraction of sp³-hybridized carbons (Fsp3) is 0.611. The van der Waals surface area contributed by atoms with Crippen molar-refractivity contribution in [2.24, 2.45) is 5.92 Å². The normalized spacial score (nSPS) is 21.8. The average molecular weight is 302 g/mol. The molecule has 0 unspecified atom stereocenters. The molecule has 0 radical (unpaired) electrons. The number of nitrogens with one attached hydrogen (secondary N) is 1. The molecule has 1 aliphatic heterocycles. The van der Waals surface area contributed by atoms with Crippen molar-refractivity contribution in [3.05, 3.63) is 29.8 Å². The summed E-state index contributed by atoms with van der Waals surface area (Å²) in [7, 11) is 0. The molecule has 0 aromatic heterocycles. The van der Waals surface area contributed by atoms with Gasteiger partial charge in [0.15, 0.2) is 0 Å². The number of anilines is 1. The lowest BCUT2D eigenvalue weighted by Crippen LogP contribution is -2.50. The van der Waals surface area contributed by atoms with Gasteiger partial charge in [-0.2, -0.15) is 0 Å². The first kappa shape index (κ1) is 15.3. The van der Waals surface area contributed by atoms with Crippen LogP contribution in [0.25, 0.3) is 0 Å². The molecule has 1 aromatic rings. The Labute approximate surface area is 132 Å². The molecule has 1 saturated carbocycles. The highest BCUT2D eigenvalue weighted by atomic mass is 16.3. The van der Waals surface area contributed by atoms with E-state index < -0.39 is 5.60 Å². The summed E-state index contributed by atoms with van der Waals surface area (Å²) in [5.74, 6) is 0.439. The number of hydrogen-bond acceptors (Lipinski definition) is 2. The quantitative estimate of drug-likeness (QED) is 0.878.